The van der Waals surface area contributed by atoms with Crippen LogP contribution in [0.3, 0.4) is 0 Å². The first kappa shape index (κ1) is 21.5. The van der Waals surface area contributed by atoms with Crippen molar-refractivity contribution in [1.29, 1.82) is 0 Å². The number of aliphatic hydroxyl groups excluding tert-OH is 1. The molecule has 1 N–H and O–H groups in total. The van der Waals surface area contributed by atoms with Gasteiger partial charge in [0, 0.05) is 38.8 Å². The Morgan fingerprint density at radius 3 is 2.40 bits per heavy atom. The first-order valence-corrected chi connectivity index (χ1v) is 9.26. The summed E-state index contributed by atoms with van der Waals surface area (Å²) < 4.78 is 5.49. The monoisotopic (exact) mass is 350 g/mol. The fourth-order valence-electron chi connectivity index (χ4n) is 2.86. The fraction of sp³-hybridized carbons (Fsp3) is 0.650. The van der Waals surface area contributed by atoms with Gasteiger partial charge in [0.1, 0.15) is 5.60 Å². The largest absolute Gasteiger partial charge is 0.444 e. The lowest BCUT2D eigenvalue weighted by molar-refractivity contribution is -0.00610. The zero-order valence-electron chi connectivity index (χ0n) is 16.4. The highest BCUT2D eigenvalue weighted by atomic mass is 16.6. The maximum Gasteiger partial charge on any atom is 0.410 e. The highest BCUT2D eigenvalue weighted by Crippen LogP contribution is 2.19. The maximum atomic E-state index is 12.4. The van der Waals surface area contributed by atoms with Gasteiger partial charge in [-0.15, -0.1) is 0 Å². The summed E-state index contributed by atoms with van der Waals surface area (Å²) in [5, 5.41) is 9.33. The molecule has 0 bridgehead atoms. The van der Waals surface area contributed by atoms with Crippen LogP contribution in [0.2, 0.25) is 0 Å². The number of carbonyl (C=O) groups excluding carboxylic acids is 1. The molecule has 0 radical (unpaired) electrons. The van der Waals surface area contributed by atoms with Gasteiger partial charge in [-0.25, -0.2) is 4.79 Å². The SMILES string of the molecule is CC.CC(C)(C)OC(=O)N1CCN(Cc2ccccc2)CC1CCO. The zero-order valence-corrected chi connectivity index (χ0v) is 16.4. The van der Waals surface area contributed by atoms with E-state index in [9.17, 15) is 9.90 Å². The third-order valence-corrected chi connectivity index (χ3v) is 3.91. The number of nitrogens with zero attached hydrogens (tertiary/aromatic N) is 2. The summed E-state index contributed by atoms with van der Waals surface area (Å²) in [4.78, 5) is 16.5. The molecule has 0 aromatic heterocycles. The van der Waals surface area contributed by atoms with E-state index in [1.807, 2.05) is 52.8 Å². The molecule has 1 unspecified atom stereocenters. The number of rotatable bonds is 4. The Hall–Kier alpha value is -1.59. The van der Waals surface area contributed by atoms with Crippen LogP contribution in [0.1, 0.15) is 46.6 Å². The summed E-state index contributed by atoms with van der Waals surface area (Å²) in [6, 6.07) is 10.3. The minimum atomic E-state index is -0.498. The first-order chi connectivity index (χ1) is 11.9. The first-order valence-electron chi connectivity index (χ1n) is 9.26. The molecule has 5 heteroatoms. The number of carbonyl (C=O) groups is 1. The number of hydrogen-bond donors (Lipinski definition) is 1. The van der Waals surface area contributed by atoms with E-state index in [-0.39, 0.29) is 18.7 Å². The highest BCUT2D eigenvalue weighted by molar-refractivity contribution is 5.68. The second-order valence-corrected chi connectivity index (χ2v) is 7.06. The lowest BCUT2D eigenvalue weighted by Crippen LogP contribution is -2.56. The van der Waals surface area contributed by atoms with Gasteiger partial charge in [0.2, 0.25) is 0 Å². The van der Waals surface area contributed by atoms with Crippen LogP contribution in [0.5, 0.6) is 0 Å². The second-order valence-electron chi connectivity index (χ2n) is 7.06. The summed E-state index contributed by atoms with van der Waals surface area (Å²) in [5.41, 5.74) is 0.767. The molecule has 1 heterocycles. The van der Waals surface area contributed by atoms with Crippen LogP contribution in [0, 0.1) is 0 Å². The minimum Gasteiger partial charge on any atom is -0.444 e. The Bertz CT molecular complexity index is 499. The van der Waals surface area contributed by atoms with Crippen molar-refractivity contribution in [2.45, 2.75) is 59.2 Å². The summed E-state index contributed by atoms with van der Waals surface area (Å²) >= 11 is 0. The second kappa shape index (κ2) is 10.4. The highest BCUT2D eigenvalue weighted by Gasteiger charge is 2.32. The van der Waals surface area contributed by atoms with Gasteiger partial charge < -0.3 is 14.7 Å². The van der Waals surface area contributed by atoms with Crippen LogP contribution in [-0.4, -0.2) is 58.9 Å². The Balaban J connectivity index is 0.00000151. The third-order valence-electron chi connectivity index (χ3n) is 3.91. The number of aliphatic hydroxyl groups is 1. The van der Waals surface area contributed by atoms with Gasteiger partial charge in [0.05, 0.1) is 0 Å². The minimum absolute atomic E-state index is 0.00712. The van der Waals surface area contributed by atoms with Crippen molar-refractivity contribution in [2.75, 3.05) is 26.2 Å². The number of hydrogen-bond acceptors (Lipinski definition) is 4. The van der Waals surface area contributed by atoms with E-state index >= 15 is 0 Å². The van der Waals surface area contributed by atoms with E-state index < -0.39 is 5.60 Å². The lowest BCUT2D eigenvalue weighted by atomic mass is 10.1. The molecule has 1 saturated heterocycles. The fourth-order valence-corrected chi connectivity index (χ4v) is 2.86. The van der Waals surface area contributed by atoms with E-state index in [2.05, 4.69) is 17.0 Å². The van der Waals surface area contributed by atoms with Crippen molar-refractivity contribution >= 4 is 6.09 Å². The molecule has 0 aliphatic carbocycles. The molecule has 1 aliphatic rings. The van der Waals surface area contributed by atoms with E-state index in [4.69, 9.17) is 4.74 Å². The van der Waals surface area contributed by atoms with E-state index in [0.717, 1.165) is 19.6 Å². The predicted octanol–water partition coefficient (Wildman–Crippen LogP) is 3.52. The quantitative estimate of drug-likeness (QED) is 0.903. The number of piperazine rings is 1. The maximum absolute atomic E-state index is 12.4. The van der Waals surface area contributed by atoms with E-state index in [1.165, 1.54) is 5.56 Å². The summed E-state index contributed by atoms with van der Waals surface area (Å²) in [7, 11) is 0. The summed E-state index contributed by atoms with van der Waals surface area (Å²) in [6.45, 7) is 12.8. The van der Waals surface area contributed by atoms with Crippen molar-refractivity contribution in [3.8, 4) is 0 Å². The van der Waals surface area contributed by atoms with Gasteiger partial charge in [0.15, 0.2) is 0 Å². The smallest absolute Gasteiger partial charge is 0.410 e. The molecule has 1 aliphatic heterocycles. The molecular weight excluding hydrogens is 316 g/mol. The molecule has 25 heavy (non-hydrogen) atoms. The normalized spacial score (nSPS) is 18.3. The molecule has 1 amide bonds. The number of benzene rings is 1. The molecular formula is C20H34N2O3. The van der Waals surface area contributed by atoms with Gasteiger partial charge in [0.25, 0.3) is 0 Å². The standard InChI is InChI=1S/C18H28N2O3.C2H6/c1-18(2,3)23-17(22)20-11-10-19(14-16(20)9-12-21)13-15-7-5-4-6-8-15;1-2/h4-8,16,21H,9-14H2,1-3H3;1-2H3. The van der Waals surface area contributed by atoms with Crippen LogP contribution < -0.4 is 0 Å². The molecule has 142 valence electrons. The number of amides is 1. The topological polar surface area (TPSA) is 53.0 Å². The molecule has 1 fully saturated rings. The Morgan fingerprint density at radius 2 is 1.84 bits per heavy atom. The van der Waals surface area contributed by atoms with Crippen LogP contribution in [0.4, 0.5) is 4.79 Å². The molecule has 0 spiro atoms. The van der Waals surface area contributed by atoms with Gasteiger partial charge in [-0.3, -0.25) is 4.90 Å². The van der Waals surface area contributed by atoms with Crippen molar-refractivity contribution < 1.29 is 14.6 Å². The van der Waals surface area contributed by atoms with Gasteiger partial charge in [-0.05, 0) is 32.8 Å². The summed E-state index contributed by atoms with van der Waals surface area (Å²) in [6.07, 6.45) is 0.292. The van der Waals surface area contributed by atoms with Crippen LogP contribution in [0.25, 0.3) is 0 Å². The van der Waals surface area contributed by atoms with Crippen LogP contribution >= 0.6 is 0 Å². The van der Waals surface area contributed by atoms with Gasteiger partial charge in [-0.1, -0.05) is 44.2 Å². The van der Waals surface area contributed by atoms with Crippen LogP contribution in [0.15, 0.2) is 30.3 Å². The molecule has 1 aromatic carbocycles. The van der Waals surface area contributed by atoms with Crippen molar-refractivity contribution in [3.63, 3.8) is 0 Å². The van der Waals surface area contributed by atoms with Gasteiger partial charge >= 0.3 is 6.09 Å². The predicted molar refractivity (Wildman–Crippen MR) is 101 cm³/mol. The van der Waals surface area contributed by atoms with Crippen molar-refractivity contribution in [1.82, 2.24) is 9.80 Å². The third kappa shape index (κ3) is 7.45. The Labute approximate surface area is 152 Å². The average molecular weight is 351 g/mol. The van der Waals surface area contributed by atoms with Crippen LogP contribution in [-0.2, 0) is 11.3 Å². The van der Waals surface area contributed by atoms with Gasteiger partial charge in [-0.2, -0.15) is 0 Å². The van der Waals surface area contributed by atoms with E-state index in [1.54, 1.807) is 4.90 Å². The lowest BCUT2D eigenvalue weighted by Gasteiger charge is -2.41. The van der Waals surface area contributed by atoms with E-state index in [0.29, 0.717) is 13.0 Å². The molecule has 5 nitrogen and oxygen atoms in total. The molecule has 0 saturated carbocycles. The zero-order chi connectivity index (χ0) is 18.9. The number of ether oxygens (including phenoxy) is 1. The molecule has 2 rings (SSSR count). The summed E-state index contributed by atoms with van der Waals surface area (Å²) in [5.74, 6) is 0. The molecule has 1 aromatic rings. The van der Waals surface area contributed by atoms with Crippen molar-refractivity contribution in [3.05, 3.63) is 35.9 Å². The van der Waals surface area contributed by atoms with Crippen molar-refractivity contribution in [2.24, 2.45) is 0 Å². The molecule has 1 atom stereocenters. The average Bonchev–Trinajstić information content (AvgIpc) is 2.56. The Kier molecular flexibility index (Phi) is 8.93. The Morgan fingerprint density at radius 1 is 1.20 bits per heavy atom.